The second-order valence-electron chi connectivity index (χ2n) is 12.6. The number of likely N-dealkylation sites (tertiary alicyclic amines) is 2. The zero-order chi connectivity index (χ0) is 27.9. The first-order chi connectivity index (χ1) is 19.4. The standard InChI is InChI=1S/C32H44N4O4/c1-21-12-13-24(20-22(21)2)34-29(37)26-25-14-15-32(40-25)27(26)31(39)36(19-9-18-35-16-7-4-8-17-35)28(32)30(38)33-23-10-5-3-6-11-23/h12-15,20,23,25-28H,3-11,16-19H2,1-2H3,(H,33,38)(H,34,37)/t25-,26+,27-,28+,32-/m0/s1. The van der Waals surface area contributed by atoms with Gasteiger partial charge in [-0.25, -0.2) is 0 Å². The van der Waals surface area contributed by atoms with E-state index < -0.39 is 29.6 Å². The molecule has 1 aliphatic carbocycles. The van der Waals surface area contributed by atoms with Crippen molar-refractivity contribution >= 4 is 23.4 Å². The van der Waals surface area contributed by atoms with Gasteiger partial charge in [-0.15, -0.1) is 0 Å². The molecule has 3 saturated heterocycles. The molecular formula is C32H44N4O4. The van der Waals surface area contributed by atoms with Gasteiger partial charge in [0.2, 0.25) is 17.7 Å². The highest BCUT2D eigenvalue weighted by molar-refractivity contribution is 6.02. The van der Waals surface area contributed by atoms with Gasteiger partial charge >= 0.3 is 0 Å². The molecule has 1 spiro atoms. The molecule has 2 bridgehead atoms. The van der Waals surface area contributed by atoms with Gasteiger partial charge in [0.1, 0.15) is 11.6 Å². The number of rotatable bonds is 8. The molecule has 0 aromatic heterocycles. The minimum atomic E-state index is -1.10. The quantitative estimate of drug-likeness (QED) is 0.484. The van der Waals surface area contributed by atoms with E-state index >= 15 is 0 Å². The van der Waals surface area contributed by atoms with Gasteiger partial charge in [-0.2, -0.15) is 0 Å². The summed E-state index contributed by atoms with van der Waals surface area (Å²) in [6, 6.07) is 5.21. The van der Waals surface area contributed by atoms with Crippen LogP contribution in [-0.4, -0.2) is 77.5 Å². The highest BCUT2D eigenvalue weighted by atomic mass is 16.5. The number of amides is 3. The van der Waals surface area contributed by atoms with E-state index in [1.54, 1.807) is 4.90 Å². The fraction of sp³-hybridized carbons (Fsp3) is 0.656. The Hall–Kier alpha value is -2.71. The van der Waals surface area contributed by atoms with Crippen molar-refractivity contribution in [2.75, 3.05) is 31.5 Å². The number of anilines is 1. The van der Waals surface area contributed by atoms with E-state index in [9.17, 15) is 14.4 Å². The third kappa shape index (κ3) is 4.98. The van der Waals surface area contributed by atoms with Gasteiger partial charge in [-0.05, 0) is 88.8 Å². The van der Waals surface area contributed by atoms with E-state index in [1.807, 2.05) is 44.2 Å². The Morgan fingerprint density at radius 1 is 0.975 bits per heavy atom. The molecule has 40 heavy (non-hydrogen) atoms. The first kappa shape index (κ1) is 27.5. The Morgan fingerprint density at radius 3 is 2.48 bits per heavy atom. The normalized spacial score (nSPS) is 31.9. The molecule has 4 aliphatic heterocycles. The lowest BCUT2D eigenvalue weighted by Crippen LogP contribution is -2.56. The first-order valence-corrected chi connectivity index (χ1v) is 15.5. The number of fused-ring (bicyclic) bond motifs is 1. The van der Waals surface area contributed by atoms with Crippen LogP contribution in [0.4, 0.5) is 5.69 Å². The fourth-order valence-corrected chi connectivity index (χ4v) is 7.73. The van der Waals surface area contributed by atoms with Gasteiger partial charge in [0, 0.05) is 18.3 Å². The van der Waals surface area contributed by atoms with Crippen molar-refractivity contribution in [2.45, 2.75) is 95.4 Å². The highest BCUT2D eigenvalue weighted by Crippen LogP contribution is 2.55. The predicted octanol–water partition coefficient (Wildman–Crippen LogP) is 3.72. The lowest BCUT2D eigenvalue weighted by atomic mass is 9.74. The number of benzene rings is 1. The molecule has 5 atom stereocenters. The molecule has 4 heterocycles. The number of piperidine rings is 1. The third-order valence-corrected chi connectivity index (χ3v) is 9.97. The molecule has 1 saturated carbocycles. The van der Waals surface area contributed by atoms with Crippen LogP contribution in [0.2, 0.25) is 0 Å². The summed E-state index contributed by atoms with van der Waals surface area (Å²) in [5, 5.41) is 6.33. The molecule has 5 aliphatic rings. The van der Waals surface area contributed by atoms with Crippen LogP contribution in [0.25, 0.3) is 0 Å². The average molecular weight is 549 g/mol. The summed E-state index contributed by atoms with van der Waals surface area (Å²) in [4.78, 5) is 46.0. The van der Waals surface area contributed by atoms with Crippen molar-refractivity contribution in [3.05, 3.63) is 41.5 Å². The van der Waals surface area contributed by atoms with Crippen molar-refractivity contribution in [3.8, 4) is 0 Å². The van der Waals surface area contributed by atoms with Crippen LogP contribution in [0.3, 0.4) is 0 Å². The summed E-state index contributed by atoms with van der Waals surface area (Å²) in [6.07, 6.45) is 13.2. The maximum Gasteiger partial charge on any atom is 0.246 e. The molecular weight excluding hydrogens is 504 g/mol. The van der Waals surface area contributed by atoms with Crippen LogP contribution < -0.4 is 10.6 Å². The molecule has 0 unspecified atom stereocenters. The van der Waals surface area contributed by atoms with Crippen molar-refractivity contribution in [2.24, 2.45) is 11.8 Å². The van der Waals surface area contributed by atoms with Crippen LogP contribution in [0.1, 0.15) is 68.9 Å². The number of hydrogen-bond donors (Lipinski definition) is 2. The number of ether oxygens (including phenoxy) is 1. The summed E-state index contributed by atoms with van der Waals surface area (Å²) in [5.41, 5.74) is 1.86. The SMILES string of the molecule is Cc1ccc(NC(=O)[C@@H]2[C@@H]3C=C[C@]4(O3)[C@@H]2C(=O)N(CCCN2CCCCC2)[C@@H]4C(=O)NC2CCCCC2)cc1C. The maximum absolute atomic E-state index is 14.2. The summed E-state index contributed by atoms with van der Waals surface area (Å²) in [6.45, 7) is 7.65. The van der Waals surface area contributed by atoms with Crippen LogP contribution in [0, 0.1) is 25.7 Å². The minimum Gasteiger partial charge on any atom is -0.359 e. The number of nitrogens with one attached hydrogen (secondary N) is 2. The summed E-state index contributed by atoms with van der Waals surface area (Å²) >= 11 is 0. The largest absolute Gasteiger partial charge is 0.359 e. The Morgan fingerprint density at radius 2 is 1.73 bits per heavy atom. The van der Waals surface area contributed by atoms with Gasteiger partial charge < -0.3 is 25.2 Å². The molecule has 216 valence electrons. The summed E-state index contributed by atoms with van der Waals surface area (Å²) in [7, 11) is 0. The third-order valence-electron chi connectivity index (χ3n) is 9.97. The zero-order valence-corrected chi connectivity index (χ0v) is 24.0. The molecule has 0 radical (unpaired) electrons. The van der Waals surface area contributed by atoms with Crippen LogP contribution in [0.5, 0.6) is 0 Å². The van der Waals surface area contributed by atoms with Gasteiger partial charge in [0.25, 0.3) is 0 Å². The second kappa shape index (κ2) is 11.3. The number of hydrogen-bond acceptors (Lipinski definition) is 5. The fourth-order valence-electron chi connectivity index (χ4n) is 7.73. The van der Waals surface area contributed by atoms with E-state index in [4.69, 9.17) is 4.74 Å². The number of carbonyl (C=O) groups is 3. The monoisotopic (exact) mass is 548 g/mol. The van der Waals surface area contributed by atoms with Crippen LogP contribution in [0.15, 0.2) is 30.4 Å². The van der Waals surface area contributed by atoms with Crippen LogP contribution >= 0.6 is 0 Å². The average Bonchev–Trinajstić information content (AvgIpc) is 3.59. The topological polar surface area (TPSA) is 91.0 Å². The maximum atomic E-state index is 14.2. The lowest BCUT2D eigenvalue weighted by Gasteiger charge is -2.34. The van der Waals surface area contributed by atoms with Gasteiger partial charge in [0.05, 0.1) is 17.9 Å². The van der Waals surface area contributed by atoms with E-state index in [1.165, 1.54) is 25.7 Å². The minimum absolute atomic E-state index is 0.130. The van der Waals surface area contributed by atoms with Crippen molar-refractivity contribution in [1.82, 2.24) is 15.1 Å². The van der Waals surface area contributed by atoms with E-state index in [0.717, 1.165) is 62.9 Å². The molecule has 6 rings (SSSR count). The molecule has 1 aromatic carbocycles. The lowest BCUT2D eigenvalue weighted by molar-refractivity contribution is -0.141. The van der Waals surface area contributed by atoms with Crippen molar-refractivity contribution in [3.63, 3.8) is 0 Å². The second-order valence-corrected chi connectivity index (χ2v) is 12.6. The van der Waals surface area contributed by atoms with E-state index in [0.29, 0.717) is 12.2 Å². The Kier molecular flexibility index (Phi) is 7.75. The molecule has 3 amide bonds. The van der Waals surface area contributed by atoms with E-state index in [2.05, 4.69) is 15.5 Å². The Labute approximate surface area is 237 Å². The van der Waals surface area contributed by atoms with Gasteiger partial charge in [0.15, 0.2) is 0 Å². The van der Waals surface area contributed by atoms with E-state index in [-0.39, 0.29) is 23.8 Å². The van der Waals surface area contributed by atoms with Gasteiger partial charge in [-0.3, -0.25) is 14.4 Å². The molecule has 1 aromatic rings. The van der Waals surface area contributed by atoms with Crippen LogP contribution in [-0.2, 0) is 19.1 Å². The van der Waals surface area contributed by atoms with Crippen molar-refractivity contribution < 1.29 is 19.1 Å². The highest BCUT2D eigenvalue weighted by Gasteiger charge is 2.72. The Balaban J connectivity index is 1.24. The first-order valence-electron chi connectivity index (χ1n) is 15.5. The smallest absolute Gasteiger partial charge is 0.246 e. The summed E-state index contributed by atoms with van der Waals surface area (Å²) in [5.74, 6) is -1.86. The van der Waals surface area contributed by atoms with Gasteiger partial charge in [-0.1, -0.05) is 43.9 Å². The molecule has 2 N–H and O–H groups in total. The molecule has 8 nitrogen and oxygen atoms in total. The number of aryl methyl sites for hydroxylation is 2. The Bertz CT molecular complexity index is 1170. The molecule has 8 heteroatoms. The zero-order valence-electron chi connectivity index (χ0n) is 24.0. The number of carbonyl (C=O) groups excluding carboxylic acids is 3. The van der Waals surface area contributed by atoms with Crippen molar-refractivity contribution in [1.29, 1.82) is 0 Å². The molecule has 4 fully saturated rings. The summed E-state index contributed by atoms with van der Waals surface area (Å²) < 4.78 is 6.51. The number of nitrogens with zero attached hydrogens (tertiary/aromatic N) is 2. The predicted molar refractivity (Wildman–Crippen MR) is 154 cm³/mol.